The van der Waals surface area contributed by atoms with Gasteiger partial charge in [-0.25, -0.2) is 0 Å². The average Bonchev–Trinajstić information content (AvgIpc) is 2.21. The maximum absolute atomic E-state index is 12.6. The SMILES string of the molecule is COc1cc(OC2CNC2)ccc1C(F)(F)F. The molecule has 0 amide bonds. The van der Waals surface area contributed by atoms with Crippen molar-refractivity contribution in [3.8, 4) is 11.5 Å². The Morgan fingerprint density at radius 3 is 2.47 bits per heavy atom. The standard InChI is InChI=1S/C11H12F3NO2/c1-16-10-4-7(17-8-5-15-6-8)2-3-9(10)11(12,13)14/h2-4,8,15H,5-6H2,1H3. The van der Waals surface area contributed by atoms with E-state index in [4.69, 9.17) is 9.47 Å². The van der Waals surface area contributed by atoms with Crippen LogP contribution >= 0.6 is 0 Å². The Bertz CT molecular complexity index is 402. The van der Waals surface area contributed by atoms with Gasteiger partial charge in [-0.1, -0.05) is 0 Å². The highest BCUT2D eigenvalue weighted by Crippen LogP contribution is 2.38. The van der Waals surface area contributed by atoms with E-state index in [1.807, 2.05) is 0 Å². The molecule has 1 aromatic rings. The summed E-state index contributed by atoms with van der Waals surface area (Å²) in [6.45, 7) is 1.42. The van der Waals surface area contributed by atoms with Crippen LogP contribution in [0.5, 0.6) is 11.5 Å². The summed E-state index contributed by atoms with van der Waals surface area (Å²) in [7, 11) is 1.21. The van der Waals surface area contributed by atoms with Crippen LogP contribution in [-0.2, 0) is 6.18 Å². The fourth-order valence-corrected chi connectivity index (χ4v) is 1.52. The van der Waals surface area contributed by atoms with Crippen LogP contribution in [0.3, 0.4) is 0 Å². The fraction of sp³-hybridized carbons (Fsp3) is 0.455. The molecule has 1 N–H and O–H groups in total. The van der Waals surface area contributed by atoms with Gasteiger partial charge in [0.05, 0.1) is 12.7 Å². The molecule has 0 aromatic heterocycles. The number of methoxy groups -OCH3 is 1. The first-order valence-corrected chi connectivity index (χ1v) is 5.13. The van der Waals surface area contributed by atoms with Gasteiger partial charge in [0.25, 0.3) is 0 Å². The zero-order chi connectivity index (χ0) is 12.5. The van der Waals surface area contributed by atoms with Crippen LogP contribution < -0.4 is 14.8 Å². The Labute approximate surface area is 96.5 Å². The van der Waals surface area contributed by atoms with Crippen molar-refractivity contribution in [1.29, 1.82) is 0 Å². The van der Waals surface area contributed by atoms with Crippen LogP contribution in [0, 0.1) is 0 Å². The van der Waals surface area contributed by atoms with Gasteiger partial charge in [-0.15, -0.1) is 0 Å². The van der Waals surface area contributed by atoms with E-state index in [2.05, 4.69) is 5.32 Å². The molecule has 1 aliphatic heterocycles. The Morgan fingerprint density at radius 2 is 2.00 bits per heavy atom. The van der Waals surface area contributed by atoms with E-state index in [0.29, 0.717) is 18.8 Å². The summed E-state index contributed by atoms with van der Waals surface area (Å²) in [6, 6.07) is 3.55. The van der Waals surface area contributed by atoms with Crippen LogP contribution in [-0.4, -0.2) is 26.3 Å². The van der Waals surface area contributed by atoms with Gasteiger partial charge in [0.2, 0.25) is 0 Å². The lowest BCUT2D eigenvalue weighted by atomic mass is 10.1. The molecular weight excluding hydrogens is 235 g/mol. The molecule has 0 spiro atoms. The Kier molecular flexibility index (Phi) is 3.15. The second kappa shape index (κ2) is 4.44. The second-order valence-electron chi connectivity index (χ2n) is 3.76. The summed E-state index contributed by atoms with van der Waals surface area (Å²) in [5, 5.41) is 3.01. The maximum Gasteiger partial charge on any atom is 0.419 e. The smallest absolute Gasteiger partial charge is 0.419 e. The Hall–Kier alpha value is -1.43. The molecule has 2 rings (SSSR count). The first kappa shape index (κ1) is 12.0. The van der Waals surface area contributed by atoms with Gasteiger partial charge < -0.3 is 14.8 Å². The van der Waals surface area contributed by atoms with E-state index in [-0.39, 0.29) is 11.9 Å². The Balaban J connectivity index is 2.20. The molecule has 1 fully saturated rings. The van der Waals surface area contributed by atoms with Crippen molar-refractivity contribution < 1.29 is 22.6 Å². The highest BCUT2D eigenvalue weighted by Gasteiger charge is 2.34. The lowest BCUT2D eigenvalue weighted by molar-refractivity contribution is -0.138. The molecule has 0 radical (unpaired) electrons. The number of benzene rings is 1. The average molecular weight is 247 g/mol. The zero-order valence-corrected chi connectivity index (χ0v) is 9.17. The first-order valence-electron chi connectivity index (χ1n) is 5.13. The van der Waals surface area contributed by atoms with Gasteiger partial charge in [0.15, 0.2) is 0 Å². The zero-order valence-electron chi connectivity index (χ0n) is 9.17. The summed E-state index contributed by atoms with van der Waals surface area (Å²) in [5.74, 6) is 0.170. The molecule has 1 aliphatic rings. The third-order valence-electron chi connectivity index (χ3n) is 2.53. The predicted molar refractivity (Wildman–Crippen MR) is 55.3 cm³/mol. The minimum absolute atomic E-state index is 0.0245. The molecule has 0 bridgehead atoms. The van der Waals surface area contributed by atoms with Gasteiger partial charge >= 0.3 is 6.18 Å². The number of halogens is 3. The largest absolute Gasteiger partial charge is 0.496 e. The van der Waals surface area contributed by atoms with Gasteiger partial charge in [-0.05, 0) is 12.1 Å². The summed E-state index contributed by atoms with van der Waals surface area (Å²) < 4.78 is 47.9. The molecule has 0 unspecified atom stereocenters. The van der Waals surface area contributed by atoms with Gasteiger partial charge in [0, 0.05) is 19.2 Å². The van der Waals surface area contributed by atoms with Crippen LogP contribution in [0.25, 0.3) is 0 Å². The van der Waals surface area contributed by atoms with Crippen molar-refractivity contribution in [1.82, 2.24) is 5.32 Å². The minimum atomic E-state index is -4.41. The van der Waals surface area contributed by atoms with Crippen LogP contribution in [0.15, 0.2) is 18.2 Å². The van der Waals surface area contributed by atoms with Crippen LogP contribution in [0.1, 0.15) is 5.56 Å². The minimum Gasteiger partial charge on any atom is -0.496 e. The number of hydrogen-bond acceptors (Lipinski definition) is 3. The van der Waals surface area contributed by atoms with E-state index >= 15 is 0 Å². The quantitative estimate of drug-likeness (QED) is 0.886. The van der Waals surface area contributed by atoms with Gasteiger partial charge in [-0.2, -0.15) is 13.2 Å². The fourth-order valence-electron chi connectivity index (χ4n) is 1.52. The molecule has 94 valence electrons. The van der Waals surface area contributed by atoms with Crippen molar-refractivity contribution in [3.05, 3.63) is 23.8 Å². The second-order valence-corrected chi connectivity index (χ2v) is 3.76. The topological polar surface area (TPSA) is 30.5 Å². The number of nitrogens with one attached hydrogen (secondary N) is 1. The van der Waals surface area contributed by atoms with E-state index in [9.17, 15) is 13.2 Å². The molecule has 1 saturated heterocycles. The van der Waals surface area contributed by atoms with Crippen molar-refractivity contribution in [2.45, 2.75) is 12.3 Å². The third-order valence-corrected chi connectivity index (χ3v) is 2.53. The lowest BCUT2D eigenvalue weighted by Gasteiger charge is -2.28. The summed E-state index contributed by atoms with van der Waals surface area (Å²) in [4.78, 5) is 0. The summed E-state index contributed by atoms with van der Waals surface area (Å²) in [5.41, 5.74) is -0.793. The van der Waals surface area contributed by atoms with Gasteiger partial charge in [-0.3, -0.25) is 0 Å². The molecule has 0 atom stereocenters. The van der Waals surface area contributed by atoms with Crippen molar-refractivity contribution in [3.63, 3.8) is 0 Å². The summed E-state index contributed by atoms with van der Waals surface area (Å²) >= 11 is 0. The highest BCUT2D eigenvalue weighted by atomic mass is 19.4. The van der Waals surface area contributed by atoms with E-state index in [1.165, 1.54) is 19.2 Å². The van der Waals surface area contributed by atoms with E-state index in [0.717, 1.165) is 6.07 Å². The highest BCUT2D eigenvalue weighted by molar-refractivity contribution is 5.42. The molecule has 0 saturated carbocycles. The first-order chi connectivity index (χ1) is 8.00. The van der Waals surface area contributed by atoms with Crippen molar-refractivity contribution in [2.75, 3.05) is 20.2 Å². The lowest BCUT2D eigenvalue weighted by Crippen LogP contribution is -2.50. The van der Waals surface area contributed by atoms with E-state index in [1.54, 1.807) is 0 Å². The molecule has 3 nitrogen and oxygen atoms in total. The molecule has 6 heteroatoms. The molecular formula is C11H12F3NO2. The van der Waals surface area contributed by atoms with Crippen molar-refractivity contribution in [2.24, 2.45) is 0 Å². The number of alkyl halides is 3. The number of ether oxygens (including phenoxy) is 2. The van der Waals surface area contributed by atoms with Crippen molar-refractivity contribution >= 4 is 0 Å². The molecule has 1 aromatic carbocycles. The molecule has 1 heterocycles. The maximum atomic E-state index is 12.6. The summed E-state index contributed by atoms with van der Waals surface area (Å²) in [6.07, 6.45) is -4.39. The van der Waals surface area contributed by atoms with Crippen LogP contribution in [0.2, 0.25) is 0 Å². The third kappa shape index (κ3) is 2.63. The number of rotatable bonds is 3. The normalized spacial score (nSPS) is 16.5. The van der Waals surface area contributed by atoms with E-state index < -0.39 is 11.7 Å². The monoisotopic (exact) mass is 247 g/mol. The Morgan fingerprint density at radius 1 is 1.29 bits per heavy atom. The molecule has 17 heavy (non-hydrogen) atoms. The predicted octanol–water partition coefficient (Wildman–Crippen LogP) is 2.06. The number of hydrogen-bond donors (Lipinski definition) is 1. The van der Waals surface area contributed by atoms with Gasteiger partial charge in [0.1, 0.15) is 17.6 Å². The molecule has 0 aliphatic carbocycles. The van der Waals surface area contributed by atoms with Crippen LogP contribution in [0.4, 0.5) is 13.2 Å².